The molecule has 31 heavy (non-hydrogen) atoms. The van der Waals surface area contributed by atoms with Crippen LogP contribution < -0.4 is 10.2 Å². The number of carbonyl (C=O) groups excluding carboxylic acids is 3. The minimum Gasteiger partial charge on any atom is -0.341 e. The Labute approximate surface area is 186 Å². The summed E-state index contributed by atoms with van der Waals surface area (Å²) in [4.78, 5) is 46.2. The summed E-state index contributed by atoms with van der Waals surface area (Å²) >= 11 is 5.93. The van der Waals surface area contributed by atoms with Crippen LogP contribution in [0, 0.1) is 18.8 Å². The van der Waals surface area contributed by atoms with Gasteiger partial charge in [0.1, 0.15) is 11.7 Å². The summed E-state index contributed by atoms with van der Waals surface area (Å²) in [5, 5.41) is 3.43. The number of carbonyl (C=O) groups is 3. The Morgan fingerprint density at radius 3 is 2.58 bits per heavy atom. The predicted molar refractivity (Wildman–Crippen MR) is 119 cm³/mol. The van der Waals surface area contributed by atoms with E-state index < -0.39 is 5.92 Å². The van der Waals surface area contributed by atoms with Crippen LogP contribution in [0.2, 0.25) is 5.02 Å². The van der Waals surface area contributed by atoms with Gasteiger partial charge in [-0.05, 0) is 62.1 Å². The monoisotopic (exact) mass is 440 g/mol. The SMILES string of the molecule is Cc1ccc(NC(=O)C2CCCN(C(=O)C3CCN(c4ccc(Cl)cc4)C3=O)C2)nc1. The minimum atomic E-state index is -0.698. The number of nitrogens with zero attached hydrogens (tertiary/aromatic N) is 3. The molecule has 2 aliphatic heterocycles. The molecule has 2 aromatic rings. The molecule has 0 saturated carbocycles. The Kier molecular flexibility index (Phi) is 6.23. The topological polar surface area (TPSA) is 82.6 Å². The van der Waals surface area contributed by atoms with Gasteiger partial charge in [0.15, 0.2) is 0 Å². The lowest BCUT2D eigenvalue weighted by Gasteiger charge is -2.33. The lowest BCUT2D eigenvalue weighted by atomic mass is 9.95. The van der Waals surface area contributed by atoms with Crippen molar-refractivity contribution in [3.8, 4) is 0 Å². The summed E-state index contributed by atoms with van der Waals surface area (Å²) in [5.74, 6) is -1.03. The number of aromatic nitrogens is 1. The highest BCUT2D eigenvalue weighted by atomic mass is 35.5. The molecule has 8 heteroatoms. The van der Waals surface area contributed by atoms with Crippen molar-refractivity contribution in [1.82, 2.24) is 9.88 Å². The highest BCUT2D eigenvalue weighted by Gasteiger charge is 2.41. The fourth-order valence-electron chi connectivity index (χ4n) is 4.17. The zero-order valence-electron chi connectivity index (χ0n) is 17.4. The normalized spacial score (nSPS) is 21.3. The Hall–Kier alpha value is -2.93. The van der Waals surface area contributed by atoms with Crippen molar-refractivity contribution in [3.05, 3.63) is 53.2 Å². The van der Waals surface area contributed by atoms with Crippen LogP contribution >= 0.6 is 11.6 Å². The number of amides is 3. The average Bonchev–Trinajstić information content (AvgIpc) is 3.16. The summed E-state index contributed by atoms with van der Waals surface area (Å²) in [6.07, 6.45) is 3.61. The highest BCUT2D eigenvalue weighted by Crippen LogP contribution is 2.29. The third-order valence-electron chi connectivity index (χ3n) is 5.91. The zero-order valence-corrected chi connectivity index (χ0v) is 18.1. The molecule has 2 unspecified atom stereocenters. The lowest BCUT2D eigenvalue weighted by Crippen LogP contribution is -2.47. The van der Waals surface area contributed by atoms with E-state index in [0.29, 0.717) is 43.3 Å². The summed E-state index contributed by atoms with van der Waals surface area (Å²) < 4.78 is 0. The van der Waals surface area contributed by atoms with Crippen LogP contribution in [-0.2, 0) is 14.4 Å². The second kappa shape index (κ2) is 9.06. The van der Waals surface area contributed by atoms with Gasteiger partial charge in [-0.3, -0.25) is 14.4 Å². The van der Waals surface area contributed by atoms with Crippen molar-refractivity contribution in [2.24, 2.45) is 11.8 Å². The smallest absolute Gasteiger partial charge is 0.239 e. The lowest BCUT2D eigenvalue weighted by molar-refractivity contribution is -0.141. The van der Waals surface area contributed by atoms with E-state index in [1.807, 2.05) is 13.0 Å². The Balaban J connectivity index is 1.38. The van der Waals surface area contributed by atoms with Gasteiger partial charge in [-0.2, -0.15) is 0 Å². The Bertz CT molecular complexity index is 977. The van der Waals surface area contributed by atoms with Gasteiger partial charge in [0.2, 0.25) is 17.7 Å². The molecule has 3 heterocycles. The number of aryl methyl sites for hydroxylation is 1. The third-order valence-corrected chi connectivity index (χ3v) is 6.16. The molecule has 1 aromatic heterocycles. The van der Waals surface area contributed by atoms with E-state index in [9.17, 15) is 14.4 Å². The molecule has 0 spiro atoms. The van der Waals surface area contributed by atoms with Crippen LogP contribution in [0.1, 0.15) is 24.8 Å². The molecule has 2 fully saturated rings. The Morgan fingerprint density at radius 2 is 1.87 bits per heavy atom. The number of rotatable bonds is 4. The molecule has 0 radical (unpaired) electrons. The number of nitrogens with one attached hydrogen (secondary N) is 1. The maximum Gasteiger partial charge on any atom is 0.239 e. The molecule has 162 valence electrons. The third kappa shape index (κ3) is 4.71. The van der Waals surface area contributed by atoms with E-state index in [-0.39, 0.29) is 23.6 Å². The fourth-order valence-corrected chi connectivity index (χ4v) is 4.29. The number of anilines is 2. The van der Waals surface area contributed by atoms with Gasteiger partial charge >= 0.3 is 0 Å². The average molecular weight is 441 g/mol. The van der Waals surface area contributed by atoms with Gasteiger partial charge in [0.05, 0.1) is 5.92 Å². The summed E-state index contributed by atoms with van der Waals surface area (Å²) in [7, 11) is 0. The van der Waals surface area contributed by atoms with E-state index in [0.717, 1.165) is 17.7 Å². The molecular weight excluding hydrogens is 416 g/mol. The van der Waals surface area contributed by atoms with Crippen LogP contribution in [-0.4, -0.2) is 47.2 Å². The molecule has 1 aromatic carbocycles. The van der Waals surface area contributed by atoms with E-state index in [1.165, 1.54) is 0 Å². The van der Waals surface area contributed by atoms with E-state index in [2.05, 4.69) is 10.3 Å². The molecule has 7 nitrogen and oxygen atoms in total. The summed E-state index contributed by atoms with van der Waals surface area (Å²) in [5.41, 5.74) is 1.76. The van der Waals surface area contributed by atoms with Crippen LogP contribution in [0.5, 0.6) is 0 Å². The molecule has 3 amide bonds. The molecule has 1 N–H and O–H groups in total. The van der Waals surface area contributed by atoms with Crippen molar-refractivity contribution in [3.63, 3.8) is 0 Å². The largest absolute Gasteiger partial charge is 0.341 e. The van der Waals surface area contributed by atoms with Gasteiger partial charge < -0.3 is 15.1 Å². The van der Waals surface area contributed by atoms with Gasteiger partial charge in [0.25, 0.3) is 0 Å². The number of piperidine rings is 1. The van der Waals surface area contributed by atoms with Crippen LogP contribution in [0.25, 0.3) is 0 Å². The molecule has 0 bridgehead atoms. The number of hydrogen-bond acceptors (Lipinski definition) is 4. The second-order valence-corrected chi connectivity index (χ2v) is 8.58. The van der Waals surface area contributed by atoms with Crippen molar-refractivity contribution < 1.29 is 14.4 Å². The molecular formula is C23H25ClN4O3. The van der Waals surface area contributed by atoms with Gasteiger partial charge in [0, 0.05) is 36.5 Å². The molecule has 4 rings (SSSR count). The van der Waals surface area contributed by atoms with Crippen LogP contribution in [0.15, 0.2) is 42.6 Å². The first-order valence-electron chi connectivity index (χ1n) is 10.5. The quantitative estimate of drug-likeness (QED) is 0.739. The van der Waals surface area contributed by atoms with Crippen molar-refractivity contribution in [1.29, 1.82) is 0 Å². The summed E-state index contributed by atoms with van der Waals surface area (Å²) in [6, 6.07) is 10.7. The maximum absolute atomic E-state index is 13.1. The standard InChI is InChI=1S/C23H25ClN4O3/c1-15-4-9-20(25-13-15)26-21(29)16-3-2-11-27(14-16)22(30)19-10-12-28(23(19)31)18-7-5-17(24)6-8-18/h4-9,13,16,19H,2-3,10-12,14H2,1H3,(H,25,26,29). The predicted octanol–water partition coefficient (Wildman–Crippen LogP) is 3.27. The van der Waals surface area contributed by atoms with Crippen LogP contribution in [0.4, 0.5) is 11.5 Å². The van der Waals surface area contributed by atoms with Crippen molar-refractivity contribution in [2.75, 3.05) is 29.9 Å². The fraction of sp³-hybridized carbons (Fsp3) is 0.391. The molecule has 0 aliphatic carbocycles. The van der Waals surface area contributed by atoms with E-state index >= 15 is 0 Å². The Morgan fingerprint density at radius 1 is 1.10 bits per heavy atom. The number of benzene rings is 1. The highest BCUT2D eigenvalue weighted by molar-refractivity contribution is 6.30. The number of hydrogen-bond donors (Lipinski definition) is 1. The van der Waals surface area contributed by atoms with E-state index in [1.54, 1.807) is 46.3 Å². The number of pyridine rings is 1. The maximum atomic E-state index is 13.1. The van der Waals surface area contributed by atoms with Gasteiger partial charge in [-0.15, -0.1) is 0 Å². The first-order chi connectivity index (χ1) is 14.9. The minimum absolute atomic E-state index is 0.144. The van der Waals surface area contributed by atoms with Crippen LogP contribution in [0.3, 0.4) is 0 Å². The first kappa shape index (κ1) is 21.3. The van der Waals surface area contributed by atoms with Crippen molar-refractivity contribution in [2.45, 2.75) is 26.2 Å². The first-order valence-corrected chi connectivity index (χ1v) is 10.9. The zero-order chi connectivity index (χ0) is 22.0. The number of halogens is 1. The molecule has 2 aliphatic rings. The second-order valence-electron chi connectivity index (χ2n) is 8.14. The van der Waals surface area contributed by atoms with E-state index in [4.69, 9.17) is 11.6 Å². The van der Waals surface area contributed by atoms with Gasteiger partial charge in [-0.1, -0.05) is 17.7 Å². The molecule has 2 saturated heterocycles. The molecule has 2 atom stereocenters. The summed E-state index contributed by atoms with van der Waals surface area (Å²) in [6.45, 7) is 3.31. The number of likely N-dealkylation sites (tertiary alicyclic amines) is 1. The van der Waals surface area contributed by atoms with Gasteiger partial charge in [-0.25, -0.2) is 4.98 Å². The van der Waals surface area contributed by atoms with Crippen molar-refractivity contribution >= 4 is 40.8 Å².